The van der Waals surface area contributed by atoms with E-state index in [0.717, 1.165) is 43.9 Å². The van der Waals surface area contributed by atoms with E-state index in [0.29, 0.717) is 0 Å². The van der Waals surface area contributed by atoms with E-state index in [1.165, 1.54) is 12.0 Å². The first-order valence-electron chi connectivity index (χ1n) is 6.63. The zero-order valence-electron chi connectivity index (χ0n) is 10.8. The molecule has 0 saturated carbocycles. The molecule has 1 fully saturated rings. The summed E-state index contributed by atoms with van der Waals surface area (Å²) in [4.78, 5) is 12.1. The van der Waals surface area contributed by atoms with Gasteiger partial charge >= 0.3 is 0 Å². The summed E-state index contributed by atoms with van der Waals surface area (Å²) in [7, 11) is 0. The second kappa shape index (κ2) is 6.26. The second-order valence-corrected chi connectivity index (χ2v) is 4.91. The standard InChI is InChI=1S/C14H18N2O2.ClH/c17-14(12-3-1-2-7-15-12)16-11-4-5-13-10(9-11)6-8-18-13;/h4-5,9,12,15H,1-3,6-8H2,(H,16,17);1H/t12-;/m1./s1. The van der Waals surface area contributed by atoms with Crippen molar-refractivity contribution in [2.24, 2.45) is 0 Å². The zero-order chi connectivity index (χ0) is 12.4. The number of ether oxygens (including phenoxy) is 1. The van der Waals surface area contributed by atoms with Crippen molar-refractivity contribution >= 4 is 24.0 Å². The van der Waals surface area contributed by atoms with Gasteiger partial charge in [-0.2, -0.15) is 0 Å². The number of rotatable bonds is 2. The number of fused-ring (bicyclic) bond motifs is 1. The van der Waals surface area contributed by atoms with E-state index in [1.807, 2.05) is 18.2 Å². The summed E-state index contributed by atoms with van der Waals surface area (Å²) < 4.78 is 5.45. The number of benzene rings is 1. The molecule has 1 aromatic rings. The fourth-order valence-corrected chi connectivity index (χ4v) is 2.57. The van der Waals surface area contributed by atoms with Crippen LogP contribution in [0.5, 0.6) is 5.75 Å². The van der Waals surface area contributed by atoms with Crippen LogP contribution in [0.3, 0.4) is 0 Å². The minimum Gasteiger partial charge on any atom is -0.493 e. The molecular formula is C14H19ClN2O2. The number of hydrogen-bond donors (Lipinski definition) is 2. The van der Waals surface area contributed by atoms with Crippen LogP contribution < -0.4 is 15.4 Å². The predicted octanol–water partition coefficient (Wildman–Crippen LogP) is 2.12. The van der Waals surface area contributed by atoms with E-state index < -0.39 is 0 Å². The van der Waals surface area contributed by atoms with Crippen LogP contribution in [0.25, 0.3) is 0 Å². The van der Waals surface area contributed by atoms with Crippen molar-refractivity contribution in [3.63, 3.8) is 0 Å². The number of halogens is 1. The monoisotopic (exact) mass is 282 g/mol. The first-order chi connectivity index (χ1) is 8.83. The average molecular weight is 283 g/mol. The van der Waals surface area contributed by atoms with Crippen molar-refractivity contribution < 1.29 is 9.53 Å². The molecule has 2 heterocycles. The van der Waals surface area contributed by atoms with Crippen molar-refractivity contribution in [1.29, 1.82) is 0 Å². The van der Waals surface area contributed by atoms with E-state index in [-0.39, 0.29) is 24.4 Å². The van der Waals surface area contributed by atoms with Crippen LogP contribution in [0.15, 0.2) is 18.2 Å². The number of anilines is 1. The quantitative estimate of drug-likeness (QED) is 0.874. The molecule has 1 aromatic carbocycles. The normalized spacial score (nSPS) is 20.9. The Hall–Kier alpha value is -1.26. The molecule has 0 spiro atoms. The smallest absolute Gasteiger partial charge is 0.241 e. The summed E-state index contributed by atoms with van der Waals surface area (Å²) in [5.74, 6) is 1.03. The Morgan fingerprint density at radius 1 is 1.37 bits per heavy atom. The Labute approximate surface area is 119 Å². The van der Waals surface area contributed by atoms with Crippen LogP contribution in [0.4, 0.5) is 5.69 Å². The molecule has 5 heteroatoms. The van der Waals surface area contributed by atoms with Gasteiger partial charge in [-0.25, -0.2) is 0 Å². The molecule has 2 aliphatic heterocycles. The highest BCUT2D eigenvalue weighted by Gasteiger charge is 2.21. The Bertz CT molecular complexity index is 459. The van der Waals surface area contributed by atoms with Gasteiger partial charge in [0.2, 0.25) is 5.91 Å². The molecular weight excluding hydrogens is 264 g/mol. The van der Waals surface area contributed by atoms with Crippen LogP contribution in [0, 0.1) is 0 Å². The molecule has 1 saturated heterocycles. The van der Waals surface area contributed by atoms with Gasteiger partial charge in [-0.1, -0.05) is 6.42 Å². The number of carbonyl (C=O) groups excluding carboxylic acids is 1. The summed E-state index contributed by atoms with van der Waals surface area (Å²) in [5.41, 5.74) is 2.06. The Morgan fingerprint density at radius 3 is 3.05 bits per heavy atom. The maximum Gasteiger partial charge on any atom is 0.241 e. The number of amides is 1. The van der Waals surface area contributed by atoms with Gasteiger partial charge in [0, 0.05) is 12.1 Å². The second-order valence-electron chi connectivity index (χ2n) is 4.91. The van der Waals surface area contributed by atoms with Gasteiger partial charge < -0.3 is 15.4 Å². The highest BCUT2D eigenvalue weighted by atomic mass is 35.5. The van der Waals surface area contributed by atoms with Crippen LogP contribution in [0.2, 0.25) is 0 Å². The maximum atomic E-state index is 12.1. The first kappa shape index (κ1) is 14.2. The molecule has 19 heavy (non-hydrogen) atoms. The largest absolute Gasteiger partial charge is 0.493 e. The van der Waals surface area contributed by atoms with Crippen LogP contribution in [-0.2, 0) is 11.2 Å². The van der Waals surface area contributed by atoms with Gasteiger partial charge in [0.15, 0.2) is 0 Å². The van der Waals surface area contributed by atoms with E-state index in [9.17, 15) is 4.79 Å². The topological polar surface area (TPSA) is 50.4 Å². The van der Waals surface area contributed by atoms with Gasteiger partial charge in [-0.3, -0.25) is 4.79 Å². The average Bonchev–Trinajstić information content (AvgIpc) is 2.87. The van der Waals surface area contributed by atoms with Crippen molar-refractivity contribution in [1.82, 2.24) is 5.32 Å². The first-order valence-corrected chi connectivity index (χ1v) is 6.63. The highest BCUT2D eigenvalue weighted by molar-refractivity contribution is 5.95. The lowest BCUT2D eigenvalue weighted by molar-refractivity contribution is -0.118. The molecule has 0 unspecified atom stereocenters. The molecule has 3 rings (SSSR count). The third kappa shape index (κ3) is 3.19. The molecule has 4 nitrogen and oxygen atoms in total. The lowest BCUT2D eigenvalue weighted by Gasteiger charge is -2.22. The van der Waals surface area contributed by atoms with Gasteiger partial charge in [-0.05, 0) is 43.1 Å². The van der Waals surface area contributed by atoms with Crippen molar-refractivity contribution in [2.45, 2.75) is 31.7 Å². The van der Waals surface area contributed by atoms with Gasteiger partial charge in [0.1, 0.15) is 5.75 Å². The summed E-state index contributed by atoms with van der Waals surface area (Å²) in [5, 5.41) is 6.24. The van der Waals surface area contributed by atoms with Crippen LogP contribution >= 0.6 is 12.4 Å². The molecule has 0 bridgehead atoms. The molecule has 0 aliphatic carbocycles. The van der Waals surface area contributed by atoms with Crippen molar-refractivity contribution in [3.05, 3.63) is 23.8 Å². The Balaban J connectivity index is 0.00000133. The van der Waals surface area contributed by atoms with Gasteiger partial charge in [0.25, 0.3) is 0 Å². The molecule has 1 amide bonds. The van der Waals surface area contributed by atoms with Gasteiger partial charge in [0.05, 0.1) is 12.6 Å². The molecule has 1 atom stereocenters. The minimum absolute atomic E-state index is 0. The number of piperidine rings is 1. The molecule has 0 radical (unpaired) electrons. The highest BCUT2D eigenvalue weighted by Crippen LogP contribution is 2.28. The summed E-state index contributed by atoms with van der Waals surface area (Å²) >= 11 is 0. The predicted molar refractivity (Wildman–Crippen MR) is 77.2 cm³/mol. The molecule has 104 valence electrons. The molecule has 2 N–H and O–H groups in total. The van der Waals surface area contributed by atoms with Crippen LogP contribution in [-0.4, -0.2) is 25.1 Å². The van der Waals surface area contributed by atoms with Crippen molar-refractivity contribution in [2.75, 3.05) is 18.5 Å². The van der Waals surface area contributed by atoms with Crippen LogP contribution in [0.1, 0.15) is 24.8 Å². The number of nitrogens with one attached hydrogen (secondary N) is 2. The lowest BCUT2D eigenvalue weighted by atomic mass is 10.0. The minimum atomic E-state index is -0.0387. The molecule has 2 aliphatic rings. The Morgan fingerprint density at radius 2 is 2.26 bits per heavy atom. The van der Waals surface area contributed by atoms with E-state index >= 15 is 0 Å². The summed E-state index contributed by atoms with van der Waals surface area (Å²) in [6.07, 6.45) is 4.16. The summed E-state index contributed by atoms with van der Waals surface area (Å²) in [6, 6.07) is 5.82. The number of carbonyl (C=O) groups is 1. The van der Waals surface area contributed by atoms with Crippen molar-refractivity contribution in [3.8, 4) is 5.75 Å². The Kier molecular flexibility index (Phi) is 4.66. The van der Waals surface area contributed by atoms with E-state index in [1.54, 1.807) is 0 Å². The van der Waals surface area contributed by atoms with Gasteiger partial charge in [-0.15, -0.1) is 12.4 Å². The number of hydrogen-bond acceptors (Lipinski definition) is 3. The fraction of sp³-hybridized carbons (Fsp3) is 0.500. The molecule has 0 aromatic heterocycles. The van der Waals surface area contributed by atoms with E-state index in [2.05, 4.69) is 10.6 Å². The van der Waals surface area contributed by atoms with E-state index in [4.69, 9.17) is 4.74 Å². The SMILES string of the molecule is Cl.O=C(Nc1ccc2c(c1)CCO2)[C@H]1CCCCN1. The maximum absolute atomic E-state index is 12.1. The fourth-order valence-electron chi connectivity index (χ4n) is 2.57. The third-order valence-electron chi connectivity index (χ3n) is 3.58. The third-order valence-corrected chi connectivity index (χ3v) is 3.58. The lowest BCUT2D eigenvalue weighted by Crippen LogP contribution is -2.43. The zero-order valence-corrected chi connectivity index (χ0v) is 11.6. The summed E-state index contributed by atoms with van der Waals surface area (Å²) in [6.45, 7) is 1.69.